The van der Waals surface area contributed by atoms with Gasteiger partial charge in [0.25, 0.3) is 5.71 Å². The van der Waals surface area contributed by atoms with Crippen LogP contribution in [0.4, 0.5) is 0 Å². The minimum Gasteiger partial charge on any atom is -0.481 e. The Kier molecular flexibility index (Phi) is 5.06. The van der Waals surface area contributed by atoms with E-state index in [1.807, 2.05) is 56.3 Å². The average molecular weight is 442 g/mol. The van der Waals surface area contributed by atoms with E-state index in [9.17, 15) is 4.79 Å². The maximum absolute atomic E-state index is 10.8. The summed E-state index contributed by atoms with van der Waals surface area (Å²) in [6, 6.07) is 13.3. The predicted molar refractivity (Wildman–Crippen MR) is 119 cm³/mol. The first-order chi connectivity index (χ1) is 16.0. The van der Waals surface area contributed by atoms with Crippen LogP contribution in [0.25, 0.3) is 33.6 Å². The van der Waals surface area contributed by atoms with Crippen LogP contribution in [0.15, 0.2) is 59.3 Å². The van der Waals surface area contributed by atoms with Gasteiger partial charge in [-0.1, -0.05) is 18.2 Å². The number of pyridine rings is 1. The largest absolute Gasteiger partial charge is 0.481 e. The van der Waals surface area contributed by atoms with Crippen molar-refractivity contribution < 1.29 is 23.8 Å². The van der Waals surface area contributed by atoms with Gasteiger partial charge in [-0.3, -0.25) is 4.98 Å². The second-order valence-corrected chi connectivity index (χ2v) is 7.45. The summed E-state index contributed by atoms with van der Waals surface area (Å²) in [5, 5.41) is 9.80. The molecular formula is C24H18N4O5. The number of para-hydroxylation sites is 1. The maximum Gasteiger partial charge on any atom is 0.341 e. The number of benzene rings is 2. The molecule has 0 amide bonds. The Labute approximate surface area is 187 Å². The van der Waals surface area contributed by atoms with Gasteiger partial charge in [0.2, 0.25) is 5.89 Å². The highest BCUT2D eigenvalue weighted by Gasteiger charge is 2.15. The number of oxazole rings is 1. The average Bonchev–Trinajstić information content (AvgIpc) is 3.22. The number of aromatic nitrogens is 4. The highest BCUT2D eigenvalue weighted by molar-refractivity contribution is 5.79. The Morgan fingerprint density at radius 1 is 1.00 bits per heavy atom. The van der Waals surface area contributed by atoms with Gasteiger partial charge in [-0.05, 0) is 49.2 Å². The van der Waals surface area contributed by atoms with Crippen LogP contribution in [0.2, 0.25) is 0 Å². The van der Waals surface area contributed by atoms with E-state index in [0.29, 0.717) is 28.5 Å². The monoisotopic (exact) mass is 442 g/mol. The van der Waals surface area contributed by atoms with E-state index >= 15 is 0 Å². The van der Waals surface area contributed by atoms with Gasteiger partial charge < -0.3 is 19.0 Å². The van der Waals surface area contributed by atoms with E-state index < -0.39 is 12.6 Å². The van der Waals surface area contributed by atoms with E-state index in [1.54, 1.807) is 6.20 Å². The quantitative estimate of drug-likeness (QED) is 0.399. The highest BCUT2D eigenvalue weighted by atomic mass is 16.5. The molecule has 0 fully saturated rings. The lowest BCUT2D eigenvalue weighted by Crippen LogP contribution is -2.10. The number of carboxylic acid groups (broad SMARTS) is 1. The molecule has 5 aromatic rings. The Hall–Kier alpha value is -4.53. The third-order valence-corrected chi connectivity index (χ3v) is 4.95. The first kappa shape index (κ1) is 20.4. The summed E-state index contributed by atoms with van der Waals surface area (Å²) < 4.78 is 17.0. The van der Waals surface area contributed by atoms with Crippen LogP contribution < -0.4 is 9.47 Å². The van der Waals surface area contributed by atoms with Gasteiger partial charge in [-0.25, -0.2) is 14.8 Å². The summed E-state index contributed by atoms with van der Waals surface area (Å²) in [6.07, 6.45) is 3.14. The molecule has 164 valence electrons. The Bertz CT molecular complexity index is 1490. The van der Waals surface area contributed by atoms with E-state index in [2.05, 4.69) is 19.9 Å². The lowest BCUT2D eigenvalue weighted by molar-refractivity contribution is -0.139. The fraction of sp³-hybridized carbons (Fsp3) is 0.125. The Morgan fingerprint density at radius 3 is 2.58 bits per heavy atom. The van der Waals surface area contributed by atoms with Crippen molar-refractivity contribution >= 4 is 28.1 Å². The van der Waals surface area contributed by atoms with Gasteiger partial charge >= 0.3 is 12.0 Å². The normalized spacial score (nSPS) is 11.1. The minimum atomic E-state index is -1.03. The molecule has 5 rings (SSSR count). The first-order valence-corrected chi connectivity index (χ1v) is 10.1. The fourth-order valence-corrected chi connectivity index (χ4v) is 3.54. The van der Waals surface area contributed by atoms with E-state index in [0.717, 1.165) is 22.0 Å². The SMILES string of the molecule is Cc1cc(-c2nc3cnc(Oc4cnc5ccccc5c4)nc3o2)cc(C)c1OCC(=O)O. The molecule has 0 unspecified atom stereocenters. The van der Waals surface area contributed by atoms with E-state index in [-0.39, 0.29) is 11.7 Å². The molecule has 33 heavy (non-hydrogen) atoms. The summed E-state index contributed by atoms with van der Waals surface area (Å²) in [6.45, 7) is 3.26. The van der Waals surface area contributed by atoms with Gasteiger partial charge in [-0.15, -0.1) is 0 Å². The van der Waals surface area contributed by atoms with Crippen molar-refractivity contribution in [1.82, 2.24) is 19.9 Å². The number of carbonyl (C=O) groups is 1. The number of ether oxygens (including phenoxy) is 2. The molecule has 0 aliphatic rings. The molecule has 3 aromatic heterocycles. The second kappa shape index (κ2) is 8.19. The minimum absolute atomic E-state index is 0.118. The zero-order valence-electron chi connectivity index (χ0n) is 17.8. The highest BCUT2D eigenvalue weighted by Crippen LogP contribution is 2.31. The van der Waals surface area contributed by atoms with Crippen molar-refractivity contribution in [2.45, 2.75) is 13.8 Å². The standard InChI is InChI=1S/C24H18N4O5/c1-13-7-16(8-14(2)21(13)31-12-20(29)30)22-27-19-11-26-24(28-23(19)33-22)32-17-9-15-5-3-4-6-18(15)25-10-17/h3-11H,12H2,1-2H3,(H,29,30). The zero-order chi connectivity index (χ0) is 22.9. The third-order valence-electron chi connectivity index (χ3n) is 4.95. The topological polar surface area (TPSA) is 120 Å². The summed E-state index contributed by atoms with van der Waals surface area (Å²) >= 11 is 0. The number of fused-ring (bicyclic) bond motifs is 2. The number of nitrogens with zero attached hydrogens (tertiary/aromatic N) is 4. The third kappa shape index (κ3) is 4.16. The molecule has 3 heterocycles. The molecule has 0 bridgehead atoms. The molecule has 0 saturated carbocycles. The molecule has 9 nitrogen and oxygen atoms in total. The van der Waals surface area contributed by atoms with E-state index in [1.165, 1.54) is 6.20 Å². The molecular weight excluding hydrogens is 424 g/mol. The molecule has 0 spiro atoms. The van der Waals surface area contributed by atoms with E-state index in [4.69, 9.17) is 19.0 Å². The number of rotatable bonds is 6. The van der Waals surface area contributed by atoms with Gasteiger partial charge in [0, 0.05) is 10.9 Å². The fourth-order valence-electron chi connectivity index (χ4n) is 3.54. The second-order valence-electron chi connectivity index (χ2n) is 7.45. The molecule has 0 aliphatic carbocycles. The van der Waals surface area contributed by atoms with Crippen LogP contribution in [0, 0.1) is 13.8 Å². The molecule has 0 atom stereocenters. The molecule has 0 radical (unpaired) electrons. The number of hydrogen-bond acceptors (Lipinski definition) is 8. The van der Waals surface area contributed by atoms with Crippen LogP contribution in [-0.4, -0.2) is 37.6 Å². The predicted octanol–water partition coefficient (Wildman–Crippen LogP) is 4.71. The lowest BCUT2D eigenvalue weighted by Gasteiger charge is -2.11. The number of carboxylic acids is 1. The van der Waals surface area contributed by atoms with Crippen molar-refractivity contribution in [3.05, 3.63) is 66.0 Å². The summed E-state index contributed by atoms with van der Waals surface area (Å²) in [7, 11) is 0. The zero-order valence-corrected chi connectivity index (χ0v) is 17.8. The van der Waals surface area contributed by atoms with Crippen molar-refractivity contribution in [1.29, 1.82) is 0 Å². The molecule has 9 heteroatoms. The Balaban J connectivity index is 1.42. The van der Waals surface area contributed by atoms with Crippen molar-refractivity contribution in [3.63, 3.8) is 0 Å². The number of aliphatic carboxylic acids is 1. The van der Waals surface area contributed by atoms with Crippen LogP contribution >= 0.6 is 0 Å². The van der Waals surface area contributed by atoms with Gasteiger partial charge in [-0.2, -0.15) is 4.98 Å². The number of aryl methyl sites for hydroxylation is 2. The number of hydrogen-bond donors (Lipinski definition) is 1. The maximum atomic E-state index is 10.8. The Morgan fingerprint density at radius 2 is 1.79 bits per heavy atom. The van der Waals surface area contributed by atoms with Crippen LogP contribution in [0.5, 0.6) is 17.5 Å². The summed E-state index contributed by atoms with van der Waals surface area (Å²) in [5.74, 6) is 0.362. The van der Waals surface area contributed by atoms with Gasteiger partial charge in [0.05, 0.1) is 17.9 Å². The lowest BCUT2D eigenvalue weighted by atomic mass is 10.1. The summed E-state index contributed by atoms with van der Waals surface area (Å²) in [4.78, 5) is 28.2. The molecule has 0 saturated heterocycles. The molecule has 2 aromatic carbocycles. The van der Waals surface area contributed by atoms with Crippen molar-refractivity contribution in [3.8, 4) is 29.0 Å². The van der Waals surface area contributed by atoms with Gasteiger partial charge in [0.15, 0.2) is 6.61 Å². The van der Waals surface area contributed by atoms with Gasteiger partial charge in [0.1, 0.15) is 17.0 Å². The van der Waals surface area contributed by atoms with Crippen molar-refractivity contribution in [2.24, 2.45) is 0 Å². The first-order valence-electron chi connectivity index (χ1n) is 10.1. The smallest absolute Gasteiger partial charge is 0.341 e. The molecule has 1 N–H and O–H groups in total. The van der Waals surface area contributed by atoms with Crippen LogP contribution in [0.3, 0.4) is 0 Å². The van der Waals surface area contributed by atoms with Crippen LogP contribution in [0.1, 0.15) is 11.1 Å². The molecule has 0 aliphatic heterocycles. The summed E-state index contributed by atoms with van der Waals surface area (Å²) in [5.41, 5.74) is 3.89. The van der Waals surface area contributed by atoms with Crippen LogP contribution in [-0.2, 0) is 4.79 Å². The van der Waals surface area contributed by atoms with Crippen molar-refractivity contribution in [2.75, 3.05) is 6.61 Å².